The second-order valence-electron chi connectivity index (χ2n) is 8.09. The molecular weight excluding hydrogens is 499 g/mol. The van der Waals surface area contributed by atoms with Gasteiger partial charge in [-0.05, 0) is 55.2 Å². The fourth-order valence-corrected chi connectivity index (χ4v) is 4.45. The minimum absolute atomic E-state index is 0.105. The Bertz CT molecular complexity index is 914. The molecule has 1 fully saturated rings. The zero-order valence-corrected chi connectivity index (χ0v) is 20.6. The summed E-state index contributed by atoms with van der Waals surface area (Å²) >= 11 is 15.6. The van der Waals surface area contributed by atoms with Gasteiger partial charge in [0.15, 0.2) is 0 Å². The average molecular weight is 526 g/mol. The summed E-state index contributed by atoms with van der Waals surface area (Å²) in [6.45, 7) is 2.15. The maximum absolute atomic E-state index is 13.3. The van der Waals surface area contributed by atoms with Gasteiger partial charge in [0.05, 0.1) is 16.5 Å². The lowest BCUT2D eigenvalue weighted by molar-refractivity contribution is -0.140. The Morgan fingerprint density at radius 2 is 1.68 bits per heavy atom. The number of rotatable bonds is 7. The van der Waals surface area contributed by atoms with Crippen molar-refractivity contribution in [2.45, 2.75) is 64.1 Å². The molecule has 0 aromatic heterocycles. The highest BCUT2D eigenvalue weighted by molar-refractivity contribution is 9.10. The number of hydrogen-bond acceptors (Lipinski definition) is 2. The summed E-state index contributed by atoms with van der Waals surface area (Å²) in [6.07, 6.45) is 5.65. The quantitative estimate of drug-likeness (QED) is 0.470. The first-order valence-electron chi connectivity index (χ1n) is 10.6. The number of benzene rings is 2. The number of carbonyl (C=O) groups excluding carboxylic acids is 2. The van der Waals surface area contributed by atoms with Crippen molar-refractivity contribution in [2.75, 3.05) is 0 Å². The van der Waals surface area contributed by atoms with Gasteiger partial charge in [-0.25, -0.2) is 0 Å². The van der Waals surface area contributed by atoms with Crippen molar-refractivity contribution >= 4 is 50.9 Å². The van der Waals surface area contributed by atoms with Crippen LogP contribution < -0.4 is 5.32 Å². The molecule has 1 saturated carbocycles. The lowest BCUT2D eigenvalue weighted by Gasteiger charge is -2.31. The van der Waals surface area contributed by atoms with Gasteiger partial charge >= 0.3 is 0 Å². The van der Waals surface area contributed by atoms with Crippen LogP contribution in [0.2, 0.25) is 10.0 Å². The minimum atomic E-state index is -0.583. The predicted molar refractivity (Wildman–Crippen MR) is 129 cm³/mol. The van der Waals surface area contributed by atoms with Crippen molar-refractivity contribution in [3.05, 3.63) is 68.1 Å². The molecule has 0 saturated heterocycles. The van der Waals surface area contributed by atoms with E-state index in [0.717, 1.165) is 41.3 Å². The van der Waals surface area contributed by atoms with Crippen molar-refractivity contribution in [3.8, 4) is 0 Å². The summed E-state index contributed by atoms with van der Waals surface area (Å²) in [7, 11) is 0. The highest BCUT2D eigenvalue weighted by atomic mass is 79.9. The zero-order valence-electron chi connectivity index (χ0n) is 17.5. The molecule has 0 bridgehead atoms. The molecule has 1 N–H and O–H groups in total. The van der Waals surface area contributed by atoms with Crippen LogP contribution in [0.3, 0.4) is 0 Å². The molecule has 4 nitrogen and oxygen atoms in total. The molecule has 0 heterocycles. The molecule has 0 aliphatic heterocycles. The molecule has 3 rings (SSSR count). The Kier molecular flexibility index (Phi) is 8.82. The lowest BCUT2D eigenvalue weighted by atomic mass is 9.95. The van der Waals surface area contributed by atoms with Crippen LogP contribution in [0.5, 0.6) is 0 Å². The zero-order chi connectivity index (χ0) is 22.4. The fraction of sp³-hybridized carbons (Fsp3) is 0.417. The molecule has 166 valence electrons. The molecule has 7 heteroatoms. The number of halogens is 3. The SMILES string of the molecule is CC(C(=O)NC1CCCCC1)N(Cc1ccc(Br)cc1)C(=O)Cc1ccc(Cl)c(Cl)c1. The van der Waals surface area contributed by atoms with Crippen LogP contribution in [0.15, 0.2) is 46.9 Å². The number of carbonyl (C=O) groups is 2. The van der Waals surface area contributed by atoms with Crippen molar-refractivity contribution in [1.82, 2.24) is 10.2 Å². The van der Waals surface area contributed by atoms with Gasteiger partial charge < -0.3 is 10.2 Å². The first-order chi connectivity index (χ1) is 14.8. The molecular formula is C24H27BrCl2N2O2. The van der Waals surface area contributed by atoms with E-state index in [1.165, 1.54) is 6.42 Å². The topological polar surface area (TPSA) is 49.4 Å². The van der Waals surface area contributed by atoms with Crippen molar-refractivity contribution in [3.63, 3.8) is 0 Å². The van der Waals surface area contributed by atoms with E-state index in [0.29, 0.717) is 16.6 Å². The summed E-state index contributed by atoms with van der Waals surface area (Å²) in [4.78, 5) is 27.9. The van der Waals surface area contributed by atoms with Crippen LogP contribution in [0.25, 0.3) is 0 Å². The number of nitrogens with zero attached hydrogens (tertiary/aromatic N) is 1. The van der Waals surface area contributed by atoms with Gasteiger partial charge in [0.1, 0.15) is 6.04 Å². The van der Waals surface area contributed by atoms with E-state index >= 15 is 0 Å². The van der Waals surface area contributed by atoms with E-state index < -0.39 is 6.04 Å². The van der Waals surface area contributed by atoms with Crippen LogP contribution in [-0.2, 0) is 22.6 Å². The van der Waals surface area contributed by atoms with E-state index in [1.807, 2.05) is 24.3 Å². The van der Waals surface area contributed by atoms with E-state index in [1.54, 1.807) is 30.0 Å². The summed E-state index contributed by atoms with van der Waals surface area (Å²) < 4.78 is 0.966. The third-order valence-corrected chi connectivity index (χ3v) is 6.99. The van der Waals surface area contributed by atoms with Crippen molar-refractivity contribution in [1.29, 1.82) is 0 Å². The maximum Gasteiger partial charge on any atom is 0.242 e. The van der Waals surface area contributed by atoms with E-state index in [9.17, 15) is 9.59 Å². The van der Waals surface area contributed by atoms with Crippen molar-refractivity contribution in [2.24, 2.45) is 0 Å². The van der Waals surface area contributed by atoms with Crippen molar-refractivity contribution < 1.29 is 9.59 Å². The third-order valence-electron chi connectivity index (χ3n) is 5.72. The van der Waals surface area contributed by atoms with E-state index in [4.69, 9.17) is 23.2 Å². The van der Waals surface area contributed by atoms with Gasteiger partial charge in [0.2, 0.25) is 11.8 Å². The second-order valence-corrected chi connectivity index (χ2v) is 9.82. The average Bonchev–Trinajstić information content (AvgIpc) is 2.76. The van der Waals surface area contributed by atoms with Gasteiger partial charge in [-0.15, -0.1) is 0 Å². The molecule has 0 radical (unpaired) electrons. The van der Waals surface area contributed by atoms with Crippen LogP contribution in [0, 0.1) is 0 Å². The summed E-state index contributed by atoms with van der Waals surface area (Å²) in [5, 5.41) is 4.01. The van der Waals surface area contributed by atoms with Crippen LogP contribution in [0.1, 0.15) is 50.2 Å². The molecule has 1 unspecified atom stereocenters. The van der Waals surface area contributed by atoms with Gasteiger partial charge in [-0.1, -0.05) is 76.6 Å². The molecule has 2 amide bonds. The Balaban J connectivity index is 1.76. The van der Waals surface area contributed by atoms with Gasteiger partial charge in [-0.2, -0.15) is 0 Å². The summed E-state index contributed by atoms with van der Waals surface area (Å²) in [5.41, 5.74) is 1.73. The molecule has 2 aromatic rings. The van der Waals surface area contributed by atoms with E-state index in [2.05, 4.69) is 21.2 Å². The number of nitrogens with one attached hydrogen (secondary N) is 1. The van der Waals surface area contributed by atoms with Gasteiger partial charge in [0.25, 0.3) is 0 Å². The standard InChI is InChI=1S/C24H27BrCl2N2O2/c1-16(24(31)28-20-5-3-2-4-6-20)29(15-17-7-10-19(25)11-8-17)23(30)14-18-9-12-21(26)22(27)13-18/h7-13,16,20H,2-6,14-15H2,1H3,(H,28,31). The summed E-state index contributed by atoms with van der Waals surface area (Å²) in [5.74, 6) is -0.237. The molecule has 31 heavy (non-hydrogen) atoms. The normalized spacial score (nSPS) is 15.4. The van der Waals surface area contributed by atoms with E-state index in [-0.39, 0.29) is 24.3 Å². The van der Waals surface area contributed by atoms with Gasteiger partial charge in [0, 0.05) is 17.1 Å². The largest absolute Gasteiger partial charge is 0.352 e. The maximum atomic E-state index is 13.3. The first kappa shape index (κ1) is 24.1. The Hall–Kier alpha value is -1.56. The molecule has 1 aliphatic rings. The fourth-order valence-electron chi connectivity index (χ4n) is 3.86. The Morgan fingerprint density at radius 1 is 1.03 bits per heavy atom. The highest BCUT2D eigenvalue weighted by Gasteiger charge is 2.28. The Labute approximate surface area is 202 Å². The highest BCUT2D eigenvalue weighted by Crippen LogP contribution is 2.24. The molecule has 1 atom stereocenters. The second kappa shape index (κ2) is 11.3. The van der Waals surface area contributed by atoms with Crippen LogP contribution >= 0.6 is 39.1 Å². The summed E-state index contributed by atoms with van der Waals surface area (Å²) in [6, 6.07) is 12.6. The monoisotopic (exact) mass is 524 g/mol. The third kappa shape index (κ3) is 6.96. The smallest absolute Gasteiger partial charge is 0.242 e. The molecule has 0 spiro atoms. The lowest BCUT2D eigenvalue weighted by Crippen LogP contribution is -2.50. The predicted octanol–water partition coefficient (Wildman–Crippen LogP) is 6.16. The minimum Gasteiger partial charge on any atom is -0.352 e. The number of hydrogen-bond donors (Lipinski definition) is 1. The van der Waals surface area contributed by atoms with Crippen LogP contribution in [-0.4, -0.2) is 28.8 Å². The Morgan fingerprint density at radius 3 is 2.32 bits per heavy atom. The molecule has 2 aromatic carbocycles. The number of amides is 2. The van der Waals surface area contributed by atoms with Crippen LogP contribution in [0.4, 0.5) is 0 Å². The van der Waals surface area contributed by atoms with Gasteiger partial charge in [-0.3, -0.25) is 9.59 Å². The molecule has 1 aliphatic carbocycles. The first-order valence-corrected chi connectivity index (χ1v) is 12.2.